The Morgan fingerprint density at radius 2 is 1.73 bits per heavy atom. The highest BCUT2D eigenvalue weighted by Gasteiger charge is 2.11. The summed E-state index contributed by atoms with van der Waals surface area (Å²) in [5.74, 6) is 0.525. The summed E-state index contributed by atoms with van der Waals surface area (Å²) in [6.07, 6.45) is 1.20. The molecule has 0 saturated heterocycles. The van der Waals surface area contributed by atoms with Crippen LogP contribution >= 0.6 is 0 Å². The van der Waals surface area contributed by atoms with Gasteiger partial charge in [0.1, 0.15) is 17.3 Å². The number of hydrogen-bond acceptors (Lipinski definition) is 3. The Labute approximate surface area is 88.4 Å². The van der Waals surface area contributed by atoms with Crippen LogP contribution in [0.4, 0.5) is 4.39 Å². The third-order valence-corrected chi connectivity index (χ3v) is 2.16. The van der Waals surface area contributed by atoms with Gasteiger partial charge in [-0.2, -0.15) is 0 Å². The van der Waals surface area contributed by atoms with Crippen LogP contribution in [0.15, 0.2) is 12.1 Å². The van der Waals surface area contributed by atoms with E-state index in [2.05, 4.69) is 0 Å². The Kier molecular flexibility index (Phi) is 4.37. The van der Waals surface area contributed by atoms with Gasteiger partial charge in [-0.25, -0.2) is 4.39 Å². The number of benzene rings is 1. The van der Waals surface area contributed by atoms with E-state index in [9.17, 15) is 4.39 Å². The van der Waals surface area contributed by atoms with Crippen molar-refractivity contribution in [2.24, 2.45) is 0 Å². The normalized spacial score (nSPS) is 10.1. The maximum absolute atomic E-state index is 13.1. The number of methoxy groups -OCH3 is 2. The Morgan fingerprint density at radius 1 is 1.20 bits per heavy atom. The first kappa shape index (κ1) is 11.8. The highest BCUT2D eigenvalue weighted by Crippen LogP contribution is 2.30. The van der Waals surface area contributed by atoms with Gasteiger partial charge in [-0.3, -0.25) is 0 Å². The zero-order chi connectivity index (χ0) is 11.3. The number of hydrogen-bond donors (Lipinski definition) is 1. The highest BCUT2D eigenvalue weighted by atomic mass is 19.1. The summed E-state index contributed by atoms with van der Waals surface area (Å²) in [7, 11) is 2.97. The monoisotopic (exact) mass is 214 g/mol. The minimum atomic E-state index is -0.392. The van der Waals surface area contributed by atoms with Crippen molar-refractivity contribution in [2.45, 2.75) is 12.8 Å². The van der Waals surface area contributed by atoms with E-state index in [1.807, 2.05) is 0 Å². The zero-order valence-corrected chi connectivity index (χ0v) is 8.92. The number of aliphatic hydroxyl groups excluding tert-OH is 1. The van der Waals surface area contributed by atoms with Crippen molar-refractivity contribution in [3.05, 3.63) is 23.5 Å². The van der Waals surface area contributed by atoms with Gasteiger partial charge in [0, 0.05) is 24.3 Å². The van der Waals surface area contributed by atoms with E-state index in [4.69, 9.17) is 14.6 Å². The standard InChI is InChI=1S/C11H15FO3/c1-14-10-6-8(12)7-11(15-2)9(10)4-3-5-13/h6-7,13H,3-5H2,1-2H3. The molecule has 15 heavy (non-hydrogen) atoms. The van der Waals surface area contributed by atoms with E-state index in [1.54, 1.807) is 0 Å². The molecular weight excluding hydrogens is 199 g/mol. The first-order valence-electron chi connectivity index (χ1n) is 4.74. The lowest BCUT2D eigenvalue weighted by Gasteiger charge is -2.12. The maximum Gasteiger partial charge on any atom is 0.130 e. The molecule has 0 bridgehead atoms. The van der Waals surface area contributed by atoms with Gasteiger partial charge in [0.05, 0.1) is 14.2 Å². The minimum Gasteiger partial charge on any atom is -0.496 e. The molecule has 0 amide bonds. The smallest absolute Gasteiger partial charge is 0.130 e. The molecule has 4 heteroatoms. The Hall–Kier alpha value is -1.29. The number of ether oxygens (including phenoxy) is 2. The van der Waals surface area contributed by atoms with Crippen LogP contribution < -0.4 is 9.47 Å². The molecule has 0 radical (unpaired) electrons. The Morgan fingerprint density at radius 3 is 2.13 bits per heavy atom. The second-order valence-corrected chi connectivity index (χ2v) is 3.12. The van der Waals surface area contributed by atoms with Crippen LogP contribution in [-0.2, 0) is 6.42 Å². The summed E-state index contributed by atoms with van der Waals surface area (Å²) in [5.41, 5.74) is 0.787. The van der Waals surface area contributed by atoms with Gasteiger partial charge in [0.15, 0.2) is 0 Å². The van der Waals surface area contributed by atoms with Crippen LogP contribution in [0.3, 0.4) is 0 Å². The molecule has 3 nitrogen and oxygen atoms in total. The summed E-state index contributed by atoms with van der Waals surface area (Å²) in [5, 5.41) is 8.75. The van der Waals surface area contributed by atoms with Crippen LogP contribution in [0.25, 0.3) is 0 Å². The third-order valence-electron chi connectivity index (χ3n) is 2.16. The van der Waals surface area contributed by atoms with E-state index in [0.717, 1.165) is 5.56 Å². The molecular formula is C11H15FO3. The van der Waals surface area contributed by atoms with E-state index < -0.39 is 5.82 Å². The summed E-state index contributed by atoms with van der Waals surface area (Å²) in [4.78, 5) is 0. The van der Waals surface area contributed by atoms with Crippen LogP contribution in [0.5, 0.6) is 11.5 Å². The molecule has 0 heterocycles. The lowest BCUT2D eigenvalue weighted by Crippen LogP contribution is -1.99. The van der Waals surface area contributed by atoms with Crippen molar-refractivity contribution < 1.29 is 19.0 Å². The van der Waals surface area contributed by atoms with Crippen molar-refractivity contribution >= 4 is 0 Å². The van der Waals surface area contributed by atoms with Gasteiger partial charge in [0.2, 0.25) is 0 Å². The number of halogens is 1. The maximum atomic E-state index is 13.1. The second-order valence-electron chi connectivity index (χ2n) is 3.12. The molecule has 0 fully saturated rings. The number of rotatable bonds is 5. The summed E-state index contributed by atoms with van der Waals surface area (Å²) >= 11 is 0. The van der Waals surface area contributed by atoms with Crippen molar-refractivity contribution in [3.8, 4) is 11.5 Å². The van der Waals surface area contributed by atoms with E-state index in [1.165, 1.54) is 26.4 Å². The SMILES string of the molecule is COc1cc(F)cc(OC)c1CCCO. The first-order valence-corrected chi connectivity index (χ1v) is 4.74. The fourth-order valence-corrected chi connectivity index (χ4v) is 1.45. The van der Waals surface area contributed by atoms with Crippen LogP contribution in [0, 0.1) is 5.82 Å². The van der Waals surface area contributed by atoms with E-state index in [0.29, 0.717) is 24.3 Å². The van der Waals surface area contributed by atoms with Crippen LogP contribution in [-0.4, -0.2) is 25.9 Å². The van der Waals surface area contributed by atoms with Crippen LogP contribution in [0.1, 0.15) is 12.0 Å². The third kappa shape index (κ3) is 2.83. The average molecular weight is 214 g/mol. The van der Waals surface area contributed by atoms with Crippen molar-refractivity contribution in [1.82, 2.24) is 0 Å². The molecule has 0 spiro atoms. The van der Waals surface area contributed by atoms with Crippen molar-refractivity contribution in [1.29, 1.82) is 0 Å². The summed E-state index contributed by atoms with van der Waals surface area (Å²) < 4.78 is 23.2. The topological polar surface area (TPSA) is 38.7 Å². The minimum absolute atomic E-state index is 0.0870. The quantitative estimate of drug-likeness (QED) is 0.811. The predicted molar refractivity (Wildman–Crippen MR) is 54.9 cm³/mol. The molecule has 0 aromatic heterocycles. The summed E-state index contributed by atoms with van der Waals surface area (Å²) in [6.45, 7) is 0.0870. The van der Waals surface area contributed by atoms with E-state index >= 15 is 0 Å². The Balaban J connectivity index is 3.06. The van der Waals surface area contributed by atoms with Gasteiger partial charge in [-0.1, -0.05) is 0 Å². The van der Waals surface area contributed by atoms with Crippen LogP contribution in [0.2, 0.25) is 0 Å². The second kappa shape index (κ2) is 5.56. The predicted octanol–water partition coefficient (Wildman–Crippen LogP) is 1.77. The van der Waals surface area contributed by atoms with Gasteiger partial charge in [-0.05, 0) is 12.8 Å². The molecule has 0 aliphatic heterocycles. The first-order chi connectivity index (χ1) is 7.22. The number of aliphatic hydroxyl groups is 1. The molecule has 1 rings (SSSR count). The fourth-order valence-electron chi connectivity index (χ4n) is 1.45. The van der Waals surface area contributed by atoms with Gasteiger partial charge in [0.25, 0.3) is 0 Å². The molecule has 0 saturated carbocycles. The molecule has 1 N–H and O–H groups in total. The molecule has 0 aliphatic rings. The lowest BCUT2D eigenvalue weighted by molar-refractivity contribution is 0.286. The summed E-state index contributed by atoms with van der Waals surface area (Å²) in [6, 6.07) is 2.63. The molecule has 0 aliphatic carbocycles. The Bertz CT molecular complexity index is 301. The molecule has 1 aromatic rings. The zero-order valence-electron chi connectivity index (χ0n) is 8.92. The van der Waals surface area contributed by atoms with Gasteiger partial charge < -0.3 is 14.6 Å². The molecule has 84 valence electrons. The molecule has 0 unspecified atom stereocenters. The van der Waals surface area contributed by atoms with Gasteiger partial charge >= 0.3 is 0 Å². The van der Waals surface area contributed by atoms with Crippen molar-refractivity contribution in [2.75, 3.05) is 20.8 Å². The largest absolute Gasteiger partial charge is 0.496 e. The van der Waals surface area contributed by atoms with Gasteiger partial charge in [-0.15, -0.1) is 0 Å². The average Bonchev–Trinajstić information content (AvgIpc) is 2.26. The molecule has 1 aromatic carbocycles. The fraction of sp³-hybridized carbons (Fsp3) is 0.455. The lowest BCUT2D eigenvalue weighted by atomic mass is 10.1. The molecule has 0 atom stereocenters. The highest BCUT2D eigenvalue weighted by molar-refractivity contribution is 5.45. The van der Waals surface area contributed by atoms with E-state index in [-0.39, 0.29) is 6.61 Å². The van der Waals surface area contributed by atoms with Crippen molar-refractivity contribution in [3.63, 3.8) is 0 Å².